The number of amides is 1. The van der Waals surface area contributed by atoms with E-state index in [2.05, 4.69) is 0 Å². The number of methoxy groups -OCH3 is 1. The molecule has 1 unspecified atom stereocenters. The Morgan fingerprint density at radius 1 is 1.14 bits per heavy atom. The number of aliphatic hydroxyl groups is 2. The molecule has 0 aliphatic carbocycles. The average Bonchev–Trinajstić information content (AvgIpc) is 3.20. The van der Waals surface area contributed by atoms with Gasteiger partial charge >= 0.3 is 5.97 Å². The highest BCUT2D eigenvalue weighted by molar-refractivity contribution is 6.67. The lowest BCUT2D eigenvalue weighted by Crippen LogP contribution is -2.38. The van der Waals surface area contributed by atoms with Crippen molar-refractivity contribution in [1.82, 2.24) is 4.90 Å². The molecule has 0 radical (unpaired) electrons. The van der Waals surface area contributed by atoms with E-state index in [4.69, 9.17) is 49.0 Å². The second kappa shape index (κ2) is 13.9. The van der Waals surface area contributed by atoms with Gasteiger partial charge in [-0.2, -0.15) is 0 Å². The highest BCUT2D eigenvalue weighted by Crippen LogP contribution is 2.33. The van der Waals surface area contributed by atoms with Gasteiger partial charge in [0.25, 0.3) is 5.91 Å². The molecule has 1 aromatic rings. The van der Waals surface area contributed by atoms with E-state index < -0.39 is 15.4 Å². The molecule has 1 aliphatic rings. The molecule has 0 spiro atoms. The SMILES string of the molecule is COc1cc(C(=O)N2CC(CC(C)(C)O)C[C@H]2CO)ccc1OCCCCCC(=O)OCC(Cl)(Cl)Cl. The Kier molecular flexibility index (Phi) is 11.9. The van der Waals surface area contributed by atoms with Crippen molar-refractivity contribution in [3.63, 3.8) is 0 Å². The standard InChI is InChI=1S/C25H36Cl3NO7/c1-24(2,33)13-17-11-19(15-30)29(14-17)23(32)18-8-9-20(21(12-18)34-3)35-10-6-4-5-7-22(31)36-16-25(26,27)28/h8-9,12,17,19,30,33H,4-7,10-11,13-16H2,1-3H3/t17?,19-/m0/s1. The number of esters is 1. The average molecular weight is 569 g/mol. The van der Waals surface area contributed by atoms with Crippen molar-refractivity contribution in [2.24, 2.45) is 5.92 Å². The zero-order valence-electron chi connectivity index (χ0n) is 21.0. The Labute approximate surface area is 227 Å². The van der Waals surface area contributed by atoms with Crippen LogP contribution in [0.3, 0.4) is 0 Å². The number of aliphatic hydroxyl groups excluding tert-OH is 1. The van der Waals surface area contributed by atoms with Crippen LogP contribution in [0.25, 0.3) is 0 Å². The summed E-state index contributed by atoms with van der Waals surface area (Å²) < 4.78 is 14.5. The summed E-state index contributed by atoms with van der Waals surface area (Å²) in [6.45, 7) is 3.97. The first-order valence-electron chi connectivity index (χ1n) is 12.0. The Hall–Kier alpha value is -1.45. The van der Waals surface area contributed by atoms with E-state index >= 15 is 0 Å². The van der Waals surface area contributed by atoms with Crippen LogP contribution in [0.5, 0.6) is 11.5 Å². The molecular formula is C25H36Cl3NO7. The molecule has 1 heterocycles. The minimum absolute atomic E-state index is 0.118. The van der Waals surface area contributed by atoms with Crippen LogP contribution in [0.15, 0.2) is 18.2 Å². The van der Waals surface area contributed by atoms with Crippen LogP contribution in [0.2, 0.25) is 0 Å². The number of likely N-dealkylation sites (tertiary alicyclic amines) is 1. The molecule has 1 aromatic carbocycles. The summed E-state index contributed by atoms with van der Waals surface area (Å²) in [7, 11) is 1.50. The summed E-state index contributed by atoms with van der Waals surface area (Å²) >= 11 is 16.6. The van der Waals surface area contributed by atoms with Crippen LogP contribution in [0.4, 0.5) is 0 Å². The topological polar surface area (TPSA) is 106 Å². The summed E-state index contributed by atoms with van der Waals surface area (Å²) in [5.41, 5.74) is -0.393. The third-order valence-electron chi connectivity index (χ3n) is 5.85. The van der Waals surface area contributed by atoms with E-state index in [9.17, 15) is 19.8 Å². The number of carbonyl (C=O) groups excluding carboxylic acids is 2. The van der Waals surface area contributed by atoms with Crippen molar-refractivity contribution < 1.29 is 34.0 Å². The van der Waals surface area contributed by atoms with Gasteiger partial charge in [0.1, 0.15) is 6.61 Å². The smallest absolute Gasteiger partial charge is 0.305 e. The van der Waals surface area contributed by atoms with Gasteiger partial charge in [0, 0.05) is 18.5 Å². The van der Waals surface area contributed by atoms with E-state index in [1.54, 1.807) is 36.9 Å². The fourth-order valence-corrected chi connectivity index (χ4v) is 4.50. The maximum absolute atomic E-state index is 13.2. The Morgan fingerprint density at radius 3 is 2.47 bits per heavy atom. The van der Waals surface area contributed by atoms with Crippen LogP contribution in [0, 0.1) is 5.92 Å². The number of benzene rings is 1. The van der Waals surface area contributed by atoms with Gasteiger partial charge in [-0.3, -0.25) is 9.59 Å². The quantitative estimate of drug-likeness (QED) is 0.205. The Balaban J connectivity index is 1.85. The second-order valence-electron chi connectivity index (χ2n) is 9.71. The highest BCUT2D eigenvalue weighted by atomic mass is 35.6. The van der Waals surface area contributed by atoms with Crippen molar-refractivity contribution >= 4 is 46.7 Å². The number of hydrogen-bond acceptors (Lipinski definition) is 7. The van der Waals surface area contributed by atoms with E-state index in [-0.39, 0.29) is 37.5 Å². The van der Waals surface area contributed by atoms with Gasteiger partial charge in [0.15, 0.2) is 11.5 Å². The Bertz CT molecular complexity index is 870. The first-order chi connectivity index (χ1) is 16.8. The van der Waals surface area contributed by atoms with Crippen molar-refractivity contribution in [1.29, 1.82) is 0 Å². The molecule has 2 N–H and O–H groups in total. The molecule has 1 amide bonds. The van der Waals surface area contributed by atoms with Crippen molar-refractivity contribution in [2.75, 3.05) is 33.5 Å². The highest BCUT2D eigenvalue weighted by Gasteiger charge is 2.37. The first-order valence-corrected chi connectivity index (χ1v) is 13.1. The molecule has 0 saturated carbocycles. The molecule has 11 heteroatoms. The molecule has 1 fully saturated rings. The van der Waals surface area contributed by atoms with Crippen LogP contribution in [0.1, 0.15) is 62.7 Å². The number of rotatable bonds is 13. The van der Waals surface area contributed by atoms with E-state index in [1.165, 1.54) is 7.11 Å². The van der Waals surface area contributed by atoms with Gasteiger partial charge in [-0.05, 0) is 70.1 Å². The zero-order valence-corrected chi connectivity index (χ0v) is 23.2. The number of halogens is 3. The molecule has 1 aliphatic heterocycles. The molecule has 1 saturated heterocycles. The van der Waals surface area contributed by atoms with E-state index in [0.29, 0.717) is 55.9 Å². The predicted octanol–water partition coefficient (Wildman–Crippen LogP) is 4.53. The van der Waals surface area contributed by atoms with Gasteiger partial charge < -0.3 is 29.3 Å². The van der Waals surface area contributed by atoms with Crippen molar-refractivity contribution in [3.05, 3.63) is 23.8 Å². The molecule has 204 valence electrons. The van der Waals surface area contributed by atoms with E-state index in [1.807, 2.05) is 0 Å². The molecular weight excluding hydrogens is 533 g/mol. The number of unbranched alkanes of at least 4 members (excludes halogenated alkanes) is 2. The van der Waals surface area contributed by atoms with Gasteiger partial charge in [-0.1, -0.05) is 34.8 Å². The molecule has 0 aromatic heterocycles. The minimum Gasteiger partial charge on any atom is -0.493 e. The normalized spacial score (nSPS) is 18.3. The molecule has 2 atom stereocenters. The molecule has 0 bridgehead atoms. The lowest BCUT2D eigenvalue weighted by atomic mass is 9.92. The fraction of sp³-hybridized carbons (Fsp3) is 0.680. The fourth-order valence-electron chi connectivity index (χ4n) is 4.34. The van der Waals surface area contributed by atoms with Crippen LogP contribution in [-0.2, 0) is 9.53 Å². The van der Waals surface area contributed by atoms with Crippen molar-refractivity contribution in [2.45, 2.75) is 67.8 Å². The summed E-state index contributed by atoms with van der Waals surface area (Å²) in [6, 6.07) is 4.72. The maximum Gasteiger partial charge on any atom is 0.305 e. The third kappa shape index (κ3) is 10.5. The summed E-state index contributed by atoms with van der Waals surface area (Å²) in [4.78, 5) is 26.5. The summed E-state index contributed by atoms with van der Waals surface area (Å²) in [5.74, 6) is 0.447. The van der Waals surface area contributed by atoms with Gasteiger partial charge in [0.2, 0.25) is 3.79 Å². The van der Waals surface area contributed by atoms with Crippen LogP contribution < -0.4 is 9.47 Å². The third-order valence-corrected chi connectivity index (χ3v) is 6.18. The number of nitrogens with zero attached hydrogens (tertiary/aromatic N) is 1. The zero-order chi connectivity index (χ0) is 26.9. The lowest BCUT2D eigenvalue weighted by Gasteiger charge is -2.24. The van der Waals surface area contributed by atoms with Gasteiger partial charge in [-0.25, -0.2) is 0 Å². The predicted molar refractivity (Wildman–Crippen MR) is 139 cm³/mol. The van der Waals surface area contributed by atoms with E-state index in [0.717, 1.165) is 6.42 Å². The number of alkyl halides is 3. The van der Waals surface area contributed by atoms with Gasteiger partial charge in [-0.15, -0.1) is 0 Å². The van der Waals surface area contributed by atoms with Crippen LogP contribution in [-0.4, -0.2) is 75.9 Å². The maximum atomic E-state index is 13.2. The summed E-state index contributed by atoms with van der Waals surface area (Å²) in [6.07, 6.45) is 3.49. The van der Waals surface area contributed by atoms with Gasteiger partial charge in [0.05, 0.1) is 32.0 Å². The summed E-state index contributed by atoms with van der Waals surface area (Å²) in [5, 5.41) is 19.9. The Morgan fingerprint density at radius 2 is 1.86 bits per heavy atom. The first kappa shape index (κ1) is 30.8. The number of hydrogen-bond donors (Lipinski definition) is 2. The second-order valence-corrected chi connectivity index (χ2v) is 12.2. The largest absolute Gasteiger partial charge is 0.493 e. The molecule has 36 heavy (non-hydrogen) atoms. The molecule has 8 nitrogen and oxygen atoms in total. The molecule has 2 rings (SSSR count). The van der Waals surface area contributed by atoms with Crippen molar-refractivity contribution in [3.8, 4) is 11.5 Å². The number of ether oxygens (including phenoxy) is 3. The van der Waals surface area contributed by atoms with Crippen LogP contribution >= 0.6 is 34.8 Å². The number of carbonyl (C=O) groups is 2. The monoisotopic (exact) mass is 567 g/mol. The minimum atomic E-state index is -1.61. The lowest BCUT2D eigenvalue weighted by molar-refractivity contribution is -0.143.